The van der Waals surface area contributed by atoms with Crippen LogP contribution in [-0.4, -0.2) is 11.1 Å². The summed E-state index contributed by atoms with van der Waals surface area (Å²) < 4.78 is 5.10. The lowest BCUT2D eigenvalue weighted by Crippen LogP contribution is -2.04. The van der Waals surface area contributed by atoms with Crippen molar-refractivity contribution in [1.82, 2.24) is 0 Å². The summed E-state index contributed by atoms with van der Waals surface area (Å²) in [6.07, 6.45) is 1.36. The van der Waals surface area contributed by atoms with Gasteiger partial charge < -0.3 is 14.8 Å². The van der Waals surface area contributed by atoms with Crippen LogP contribution in [0.2, 0.25) is 5.02 Å². The van der Waals surface area contributed by atoms with E-state index in [1.54, 1.807) is 12.1 Å². The highest BCUT2D eigenvalue weighted by Crippen LogP contribution is 2.16. The third-order valence-corrected chi connectivity index (χ3v) is 2.53. The number of carbonyl (C=O) groups is 1. The fraction of sp³-hybridized carbons (Fsp3) is 0.0833. The van der Waals surface area contributed by atoms with Crippen molar-refractivity contribution in [2.75, 3.05) is 5.32 Å². The molecule has 0 saturated carbocycles. The van der Waals surface area contributed by atoms with Gasteiger partial charge in [-0.05, 0) is 30.3 Å². The van der Waals surface area contributed by atoms with Crippen molar-refractivity contribution in [2.45, 2.75) is 6.54 Å². The quantitative estimate of drug-likeness (QED) is 0.876. The number of furan rings is 1. The van der Waals surface area contributed by atoms with Crippen LogP contribution in [0.3, 0.4) is 0 Å². The SMILES string of the molecule is O=C(O)c1ccoc1CNc1ccc(Cl)cc1. The van der Waals surface area contributed by atoms with Gasteiger partial charge in [-0.15, -0.1) is 0 Å². The molecule has 0 unspecified atom stereocenters. The van der Waals surface area contributed by atoms with Crippen molar-refractivity contribution in [1.29, 1.82) is 0 Å². The van der Waals surface area contributed by atoms with Crippen LogP contribution in [0.4, 0.5) is 5.69 Å². The second-order valence-electron chi connectivity index (χ2n) is 3.42. The summed E-state index contributed by atoms with van der Waals surface area (Å²) in [5, 5.41) is 12.6. The predicted octanol–water partition coefficient (Wildman–Crippen LogP) is 3.24. The first kappa shape index (κ1) is 11.5. The van der Waals surface area contributed by atoms with E-state index >= 15 is 0 Å². The summed E-state index contributed by atoms with van der Waals surface area (Å²) in [6, 6.07) is 8.56. The number of aromatic carboxylic acids is 1. The van der Waals surface area contributed by atoms with E-state index in [-0.39, 0.29) is 5.56 Å². The lowest BCUT2D eigenvalue weighted by molar-refractivity contribution is 0.0694. The molecule has 0 amide bonds. The van der Waals surface area contributed by atoms with Gasteiger partial charge in [0.2, 0.25) is 0 Å². The van der Waals surface area contributed by atoms with Gasteiger partial charge in [0.1, 0.15) is 11.3 Å². The molecule has 0 radical (unpaired) electrons. The van der Waals surface area contributed by atoms with Gasteiger partial charge in [-0.1, -0.05) is 11.6 Å². The monoisotopic (exact) mass is 251 g/mol. The Bertz CT molecular complexity index is 519. The molecule has 1 heterocycles. The number of hydrogen-bond donors (Lipinski definition) is 2. The molecule has 0 bridgehead atoms. The van der Waals surface area contributed by atoms with Crippen LogP contribution < -0.4 is 5.32 Å². The van der Waals surface area contributed by atoms with Crippen molar-refractivity contribution in [3.05, 3.63) is 52.9 Å². The van der Waals surface area contributed by atoms with Gasteiger partial charge in [0.05, 0.1) is 12.8 Å². The van der Waals surface area contributed by atoms with Gasteiger partial charge in [-0.3, -0.25) is 0 Å². The van der Waals surface area contributed by atoms with Crippen LogP contribution in [-0.2, 0) is 6.54 Å². The van der Waals surface area contributed by atoms with Crippen LogP contribution in [0.5, 0.6) is 0 Å². The van der Waals surface area contributed by atoms with Crippen molar-refractivity contribution in [2.24, 2.45) is 0 Å². The Morgan fingerprint density at radius 1 is 1.29 bits per heavy atom. The molecule has 0 fully saturated rings. The van der Waals surface area contributed by atoms with Gasteiger partial charge in [-0.2, -0.15) is 0 Å². The van der Waals surface area contributed by atoms with Gasteiger partial charge in [-0.25, -0.2) is 4.79 Å². The topological polar surface area (TPSA) is 62.5 Å². The number of anilines is 1. The molecular weight excluding hydrogens is 242 g/mol. The van der Waals surface area contributed by atoms with Crippen LogP contribution in [0, 0.1) is 0 Å². The smallest absolute Gasteiger partial charge is 0.339 e. The van der Waals surface area contributed by atoms with Gasteiger partial charge >= 0.3 is 5.97 Å². The summed E-state index contributed by atoms with van der Waals surface area (Å²) in [5.41, 5.74) is 1.02. The maximum atomic E-state index is 10.8. The number of carboxylic acid groups (broad SMARTS) is 1. The van der Waals surface area contributed by atoms with Crippen molar-refractivity contribution in [3.63, 3.8) is 0 Å². The minimum Gasteiger partial charge on any atom is -0.478 e. The molecule has 1 aromatic heterocycles. The first-order chi connectivity index (χ1) is 8.16. The predicted molar refractivity (Wildman–Crippen MR) is 64.4 cm³/mol. The molecule has 4 nitrogen and oxygen atoms in total. The van der Waals surface area contributed by atoms with Crippen molar-refractivity contribution < 1.29 is 14.3 Å². The first-order valence-electron chi connectivity index (χ1n) is 4.96. The van der Waals surface area contributed by atoms with Crippen molar-refractivity contribution >= 4 is 23.3 Å². The molecule has 0 aliphatic heterocycles. The molecule has 0 saturated heterocycles. The fourth-order valence-electron chi connectivity index (χ4n) is 1.42. The van der Waals surface area contributed by atoms with Crippen molar-refractivity contribution in [3.8, 4) is 0 Å². The lowest BCUT2D eigenvalue weighted by Gasteiger charge is -2.05. The van der Waals surface area contributed by atoms with Gasteiger partial charge in [0, 0.05) is 10.7 Å². The molecule has 5 heteroatoms. The summed E-state index contributed by atoms with van der Waals surface area (Å²) in [6.45, 7) is 0.316. The summed E-state index contributed by atoms with van der Waals surface area (Å²) in [7, 11) is 0. The average Bonchev–Trinajstić information content (AvgIpc) is 2.76. The average molecular weight is 252 g/mol. The number of carboxylic acids is 1. The molecule has 2 rings (SSSR count). The Balaban J connectivity index is 2.05. The second kappa shape index (κ2) is 4.93. The Morgan fingerprint density at radius 2 is 2.00 bits per heavy atom. The molecule has 0 atom stereocenters. The molecule has 0 aliphatic carbocycles. The van der Waals surface area contributed by atoms with Crippen LogP contribution in [0.25, 0.3) is 0 Å². The second-order valence-corrected chi connectivity index (χ2v) is 3.86. The summed E-state index contributed by atoms with van der Waals surface area (Å²) in [4.78, 5) is 10.8. The fourth-order valence-corrected chi connectivity index (χ4v) is 1.54. The lowest BCUT2D eigenvalue weighted by atomic mass is 10.2. The van der Waals surface area contributed by atoms with E-state index < -0.39 is 5.97 Å². The van der Waals surface area contributed by atoms with E-state index in [1.807, 2.05) is 12.1 Å². The maximum Gasteiger partial charge on any atom is 0.339 e. The number of rotatable bonds is 4. The number of halogens is 1. The molecule has 0 aliphatic rings. The van der Waals surface area contributed by atoms with Crippen LogP contribution >= 0.6 is 11.6 Å². The maximum absolute atomic E-state index is 10.8. The number of nitrogens with one attached hydrogen (secondary N) is 1. The zero-order chi connectivity index (χ0) is 12.3. The zero-order valence-electron chi connectivity index (χ0n) is 8.81. The normalized spacial score (nSPS) is 10.2. The largest absolute Gasteiger partial charge is 0.478 e. The van der Waals surface area contributed by atoms with E-state index in [0.29, 0.717) is 17.3 Å². The van der Waals surface area contributed by atoms with E-state index in [0.717, 1.165) is 5.69 Å². The van der Waals surface area contributed by atoms with Gasteiger partial charge in [0.15, 0.2) is 0 Å². The summed E-state index contributed by atoms with van der Waals surface area (Å²) in [5.74, 6) is -0.598. The van der Waals surface area contributed by atoms with E-state index in [4.69, 9.17) is 21.1 Å². The van der Waals surface area contributed by atoms with E-state index in [1.165, 1.54) is 12.3 Å². The first-order valence-corrected chi connectivity index (χ1v) is 5.33. The molecule has 88 valence electrons. The molecule has 1 aromatic carbocycles. The number of benzene rings is 1. The molecule has 2 N–H and O–H groups in total. The Labute approximate surface area is 103 Å². The number of hydrogen-bond acceptors (Lipinski definition) is 3. The van der Waals surface area contributed by atoms with Crippen LogP contribution in [0.1, 0.15) is 16.1 Å². The zero-order valence-corrected chi connectivity index (χ0v) is 9.57. The highest BCUT2D eigenvalue weighted by Gasteiger charge is 2.12. The Morgan fingerprint density at radius 3 is 2.65 bits per heavy atom. The Hall–Kier alpha value is -1.94. The molecule has 2 aromatic rings. The Kier molecular flexibility index (Phi) is 3.35. The molecule has 0 spiro atoms. The minimum atomic E-state index is -0.994. The highest BCUT2D eigenvalue weighted by atomic mass is 35.5. The third kappa shape index (κ3) is 2.79. The van der Waals surface area contributed by atoms with Crippen LogP contribution in [0.15, 0.2) is 41.0 Å². The van der Waals surface area contributed by atoms with E-state index in [2.05, 4.69) is 5.32 Å². The van der Waals surface area contributed by atoms with Gasteiger partial charge in [0.25, 0.3) is 0 Å². The summed E-state index contributed by atoms with van der Waals surface area (Å²) >= 11 is 5.75. The third-order valence-electron chi connectivity index (χ3n) is 2.27. The minimum absolute atomic E-state index is 0.173. The standard InChI is InChI=1S/C12H10ClNO3/c13-8-1-3-9(4-2-8)14-7-11-10(12(15)16)5-6-17-11/h1-6,14H,7H2,(H,15,16). The highest BCUT2D eigenvalue weighted by molar-refractivity contribution is 6.30. The van der Waals surface area contributed by atoms with E-state index in [9.17, 15) is 4.79 Å². The molecular formula is C12H10ClNO3. The molecule has 17 heavy (non-hydrogen) atoms.